The standard InChI is InChI=1S/C16H30N2O.ClH/c1-2-3-6-13-7-9-14(10-8-13)18-15(19)16(17)11-4-5-12-16;/h13-14H,2-12,17H2,1H3,(H,18,19);1H. The van der Waals surface area contributed by atoms with Crippen molar-refractivity contribution in [2.75, 3.05) is 0 Å². The largest absolute Gasteiger partial charge is 0.352 e. The molecular formula is C16H31ClN2O. The molecule has 3 nitrogen and oxygen atoms in total. The zero-order valence-corrected chi connectivity index (χ0v) is 13.6. The molecule has 0 aromatic rings. The second kappa shape index (κ2) is 8.23. The summed E-state index contributed by atoms with van der Waals surface area (Å²) < 4.78 is 0. The first-order chi connectivity index (χ1) is 9.14. The average molecular weight is 303 g/mol. The Bertz CT molecular complexity index is 295. The van der Waals surface area contributed by atoms with Crippen molar-refractivity contribution in [3.8, 4) is 0 Å². The maximum Gasteiger partial charge on any atom is 0.240 e. The fraction of sp³-hybridized carbons (Fsp3) is 0.938. The molecule has 2 saturated carbocycles. The third-order valence-corrected chi connectivity index (χ3v) is 5.10. The molecule has 0 unspecified atom stereocenters. The lowest BCUT2D eigenvalue weighted by atomic mass is 9.83. The maximum absolute atomic E-state index is 12.3. The zero-order chi connectivity index (χ0) is 13.7. The lowest BCUT2D eigenvalue weighted by Crippen LogP contribution is -2.54. The molecule has 0 saturated heterocycles. The first kappa shape index (κ1) is 17.8. The molecule has 3 N–H and O–H groups in total. The normalized spacial score (nSPS) is 28.7. The number of halogens is 1. The minimum atomic E-state index is -0.556. The second-order valence-electron chi connectivity index (χ2n) is 6.70. The van der Waals surface area contributed by atoms with Gasteiger partial charge in [-0.25, -0.2) is 0 Å². The molecule has 0 spiro atoms. The molecule has 2 aliphatic rings. The average Bonchev–Trinajstić information content (AvgIpc) is 2.86. The van der Waals surface area contributed by atoms with E-state index in [4.69, 9.17) is 5.73 Å². The van der Waals surface area contributed by atoms with Crippen molar-refractivity contribution in [2.24, 2.45) is 11.7 Å². The molecule has 1 amide bonds. The first-order valence-corrected chi connectivity index (χ1v) is 8.24. The van der Waals surface area contributed by atoms with Gasteiger partial charge in [-0.1, -0.05) is 39.0 Å². The molecule has 4 heteroatoms. The monoisotopic (exact) mass is 302 g/mol. The van der Waals surface area contributed by atoms with E-state index in [-0.39, 0.29) is 18.3 Å². The van der Waals surface area contributed by atoms with Crippen LogP contribution in [0.25, 0.3) is 0 Å². The van der Waals surface area contributed by atoms with Gasteiger partial charge in [-0.15, -0.1) is 12.4 Å². The van der Waals surface area contributed by atoms with E-state index in [1.54, 1.807) is 0 Å². The van der Waals surface area contributed by atoms with Crippen LogP contribution in [0.5, 0.6) is 0 Å². The summed E-state index contributed by atoms with van der Waals surface area (Å²) in [4.78, 5) is 12.3. The van der Waals surface area contributed by atoms with Crippen molar-refractivity contribution < 1.29 is 4.79 Å². The van der Waals surface area contributed by atoms with Crippen LogP contribution in [0.4, 0.5) is 0 Å². The van der Waals surface area contributed by atoms with Crippen LogP contribution < -0.4 is 11.1 Å². The van der Waals surface area contributed by atoms with E-state index >= 15 is 0 Å². The Balaban J connectivity index is 0.00000200. The number of hydrogen-bond acceptors (Lipinski definition) is 2. The van der Waals surface area contributed by atoms with Crippen LogP contribution in [-0.2, 0) is 4.79 Å². The number of unbranched alkanes of at least 4 members (excludes halogenated alkanes) is 1. The lowest BCUT2D eigenvalue weighted by Gasteiger charge is -2.32. The third-order valence-electron chi connectivity index (χ3n) is 5.10. The molecule has 0 atom stereocenters. The Morgan fingerprint density at radius 1 is 1.20 bits per heavy atom. The van der Waals surface area contributed by atoms with Crippen molar-refractivity contribution in [3.05, 3.63) is 0 Å². The van der Waals surface area contributed by atoms with E-state index in [0.717, 1.165) is 44.4 Å². The molecule has 2 fully saturated rings. The van der Waals surface area contributed by atoms with Crippen LogP contribution in [0, 0.1) is 5.92 Å². The van der Waals surface area contributed by atoms with E-state index in [9.17, 15) is 4.79 Å². The predicted molar refractivity (Wildman–Crippen MR) is 86.0 cm³/mol. The molecule has 0 heterocycles. The number of rotatable bonds is 5. The van der Waals surface area contributed by atoms with Gasteiger partial charge in [-0.3, -0.25) is 4.79 Å². The van der Waals surface area contributed by atoms with Crippen LogP contribution in [0.2, 0.25) is 0 Å². The van der Waals surface area contributed by atoms with Crippen molar-refractivity contribution in [1.82, 2.24) is 5.32 Å². The number of hydrogen-bond donors (Lipinski definition) is 2. The first-order valence-electron chi connectivity index (χ1n) is 8.24. The highest BCUT2D eigenvalue weighted by Crippen LogP contribution is 2.30. The SMILES string of the molecule is CCCCC1CCC(NC(=O)C2(N)CCCC2)CC1.Cl. The summed E-state index contributed by atoms with van der Waals surface area (Å²) in [6.07, 6.45) is 12.8. The smallest absolute Gasteiger partial charge is 0.240 e. The van der Waals surface area contributed by atoms with E-state index in [0.29, 0.717) is 6.04 Å². The zero-order valence-electron chi connectivity index (χ0n) is 12.8. The minimum Gasteiger partial charge on any atom is -0.352 e. The molecule has 0 aromatic carbocycles. The van der Waals surface area contributed by atoms with E-state index in [1.807, 2.05) is 0 Å². The molecular weight excluding hydrogens is 272 g/mol. The summed E-state index contributed by atoms with van der Waals surface area (Å²) in [5.41, 5.74) is 5.64. The van der Waals surface area contributed by atoms with Crippen LogP contribution >= 0.6 is 12.4 Å². The molecule has 118 valence electrons. The summed E-state index contributed by atoms with van der Waals surface area (Å²) in [5, 5.41) is 3.21. The second-order valence-corrected chi connectivity index (χ2v) is 6.70. The van der Waals surface area contributed by atoms with Gasteiger partial charge in [0.2, 0.25) is 5.91 Å². The number of amides is 1. The highest BCUT2D eigenvalue weighted by atomic mass is 35.5. The molecule has 0 aromatic heterocycles. The third kappa shape index (κ3) is 4.63. The Morgan fingerprint density at radius 2 is 1.80 bits per heavy atom. The summed E-state index contributed by atoms with van der Waals surface area (Å²) >= 11 is 0. The molecule has 2 rings (SSSR count). The van der Waals surface area contributed by atoms with Gasteiger partial charge >= 0.3 is 0 Å². The van der Waals surface area contributed by atoms with Crippen LogP contribution in [0.3, 0.4) is 0 Å². The Hall–Kier alpha value is -0.280. The van der Waals surface area contributed by atoms with Crippen molar-refractivity contribution >= 4 is 18.3 Å². The van der Waals surface area contributed by atoms with Crippen molar-refractivity contribution in [3.63, 3.8) is 0 Å². The quantitative estimate of drug-likeness (QED) is 0.816. The Labute approximate surface area is 129 Å². The van der Waals surface area contributed by atoms with E-state index < -0.39 is 5.54 Å². The van der Waals surface area contributed by atoms with Crippen LogP contribution in [0.15, 0.2) is 0 Å². The highest BCUT2D eigenvalue weighted by molar-refractivity contribution is 5.86. The van der Waals surface area contributed by atoms with E-state index in [2.05, 4.69) is 12.2 Å². The summed E-state index contributed by atoms with van der Waals surface area (Å²) in [5.74, 6) is 1.01. The Morgan fingerprint density at radius 3 is 2.35 bits per heavy atom. The molecule has 20 heavy (non-hydrogen) atoms. The molecule has 0 bridgehead atoms. The number of nitrogens with one attached hydrogen (secondary N) is 1. The number of carbonyl (C=O) groups is 1. The summed E-state index contributed by atoms with van der Waals surface area (Å²) in [6, 6.07) is 0.381. The summed E-state index contributed by atoms with van der Waals surface area (Å²) in [6.45, 7) is 2.26. The van der Waals surface area contributed by atoms with Crippen molar-refractivity contribution in [2.45, 2.75) is 89.1 Å². The molecule has 0 radical (unpaired) electrons. The minimum absolute atomic E-state index is 0. The van der Waals surface area contributed by atoms with E-state index in [1.165, 1.54) is 32.1 Å². The van der Waals surface area contributed by atoms with Gasteiger partial charge in [-0.2, -0.15) is 0 Å². The summed E-state index contributed by atoms with van der Waals surface area (Å²) in [7, 11) is 0. The highest BCUT2D eigenvalue weighted by Gasteiger charge is 2.38. The topological polar surface area (TPSA) is 55.1 Å². The predicted octanol–water partition coefficient (Wildman–Crippen LogP) is 3.54. The van der Waals surface area contributed by atoms with Crippen LogP contribution in [0.1, 0.15) is 77.6 Å². The fourth-order valence-corrected chi connectivity index (χ4v) is 3.65. The van der Waals surface area contributed by atoms with Gasteiger partial charge < -0.3 is 11.1 Å². The lowest BCUT2D eigenvalue weighted by molar-refractivity contribution is -0.127. The van der Waals surface area contributed by atoms with Gasteiger partial charge in [0.1, 0.15) is 0 Å². The van der Waals surface area contributed by atoms with Crippen molar-refractivity contribution in [1.29, 1.82) is 0 Å². The Kier molecular flexibility index (Phi) is 7.32. The number of nitrogens with two attached hydrogens (primary N) is 1. The van der Waals surface area contributed by atoms with Gasteiger partial charge in [-0.05, 0) is 44.4 Å². The molecule has 2 aliphatic carbocycles. The van der Waals surface area contributed by atoms with Gasteiger partial charge in [0, 0.05) is 6.04 Å². The van der Waals surface area contributed by atoms with Gasteiger partial charge in [0.15, 0.2) is 0 Å². The van der Waals surface area contributed by atoms with Gasteiger partial charge in [0.05, 0.1) is 5.54 Å². The van der Waals surface area contributed by atoms with Crippen LogP contribution in [-0.4, -0.2) is 17.5 Å². The fourth-order valence-electron chi connectivity index (χ4n) is 3.65. The number of carbonyl (C=O) groups excluding carboxylic acids is 1. The van der Waals surface area contributed by atoms with Gasteiger partial charge in [0.25, 0.3) is 0 Å². The molecule has 0 aliphatic heterocycles. The maximum atomic E-state index is 12.3.